The molecule has 1 aromatic carbocycles. The van der Waals surface area contributed by atoms with Crippen molar-refractivity contribution in [2.45, 2.75) is 5.92 Å². The highest BCUT2D eigenvalue weighted by molar-refractivity contribution is 7.80. The van der Waals surface area contributed by atoms with Crippen LogP contribution in [0.3, 0.4) is 0 Å². The van der Waals surface area contributed by atoms with Gasteiger partial charge in [-0.1, -0.05) is 59.7 Å². The summed E-state index contributed by atoms with van der Waals surface area (Å²) in [4.78, 5) is 0.752. The molecule has 0 aromatic heterocycles. The first kappa shape index (κ1) is 10.9. The van der Waals surface area contributed by atoms with E-state index in [2.05, 4.69) is 6.08 Å². The zero-order valence-corrected chi connectivity index (χ0v) is 10.0. The fraction of sp³-hybridized carbons (Fsp3) is 0.0833. The Labute approximate surface area is 104 Å². The lowest BCUT2D eigenvalue weighted by atomic mass is 9.92. The quantitative estimate of drug-likeness (QED) is 0.670. The minimum Gasteiger partial charge on any atom is -0.0843 e. The summed E-state index contributed by atoms with van der Waals surface area (Å²) in [5.74, 6) is 0.0368. The number of benzene rings is 1. The smallest absolute Gasteiger partial charge is 0.0462 e. The summed E-state index contributed by atoms with van der Waals surface area (Å²) in [5.41, 5.74) is 0.975. The van der Waals surface area contributed by atoms with Crippen molar-refractivity contribution in [3.05, 3.63) is 58.1 Å². The van der Waals surface area contributed by atoms with E-state index >= 15 is 0 Å². The topological polar surface area (TPSA) is 0 Å². The van der Waals surface area contributed by atoms with Crippen LogP contribution in [0.25, 0.3) is 0 Å². The average molecular weight is 254 g/mol. The Balaban J connectivity index is 2.41. The van der Waals surface area contributed by atoms with Gasteiger partial charge in [0.05, 0.1) is 0 Å². The molecular weight excluding hydrogens is 247 g/mol. The second-order valence-electron chi connectivity index (χ2n) is 3.20. The first-order valence-corrected chi connectivity index (χ1v) is 5.60. The van der Waals surface area contributed by atoms with Gasteiger partial charge in [0.1, 0.15) is 0 Å². The van der Waals surface area contributed by atoms with Crippen molar-refractivity contribution in [1.82, 2.24) is 0 Å². The van der Waals surface area contributed by atoms with Crippen LogP contribution >= 0.6 is 35.4 Å². The molecular formula is C12H7Cl2S. The van der Waals surface area contributed by atoms with Crippen molar-refractivity contribution in [1.29, 1.82) is 0 Å². The summed E-state index contributed by atoms with van der Waals surface area (Å²) < 4.78 is 0. The molecule has 0 nitrogen and oxygen atoms in total. The summed E-state index contributed by atoms with van der Waals surface area (Å²) in [7, 11) is 0. The summed E-state index contributed by atoms with van der Waals surface area (Å²) in [6.45, 7) is 0. The Hall–Kier alpha value is -0.630. The number of allylic oxidation sites excluding steroid dienone is 4. The van der Waals surface area contributed by atoms with Gasteiger partial charge in [0.15, 0.2) is 0 Å². The Morgan fingerprint density at radius 1 is 1.27 bits per heavy atom. The summed E-state index contributed by atoms with van der Waals surface area (Å²) in [6, 6.07) is 5.45. The fourth-order valence-corrected chi connectivity index (χ4v) is 2.27. The Kier molecular flexibility index (Phi) is 3.25. The molecule has 0 aliphatic heterocycles. The summed E-state index contributed by atoms with van der Waals surface area (Å²) in [5, 5.41) is 1.28. The molecule has 1 aromatic rings. The van der Waals surface area contributed by atoms with E-state index in [9.17, 15) is 0 Å². The van der Waals surface area contributed by atoms with E-state index < -0.39 is 0 Å². The van der Waals surface area contributed by atoms with Crippen LogP contribution in [0.5, 0.6) is 0 Å². The van der Waals surface area contributed by atoms with E-state index in [1.807, 2.05) is 30.4 Å². The third-order valence-corrected chi connectivity index (χ3v) is 3.14. The second-order valence-corrected chi connectivity index (χ2v) is 4.49. The predicted molar refractivity (Wildman–Crippen MR) is 68.8 cm³/mol. The van der Waals surface area contributed by atoms with Gasteiger partial charge in [-0.3, -0.25) is 0 Å². The fourth-order valence-electron chi connectivity index (χ4n) is 1.47. The van der Waals surface area contributed by atoms with Crippen LogP contribution < -0.4 is 0 Å². The molecule has 0 spiro atoms. The van der Waals surface area contributed by atoms with Crippen molar-refractivity contribution in [3.63, 3.8) is 0 Å². The van der Waals surface area contributed by atoms with E-state index in [0.29, 0.717) is 10.0 Å². The van der Waals surface area contributed by atoms with E-state index in [1.54, 1.807) is 6.07 Å². The zero-order chi connectivity index (χ0) is 10.8. The van der Waals surface area contributed by atoms with Gasteiger partial charge >= 0.3 is 0 Å². The van der Waals surface area contributed by atoms with Crippen LogP contribution in [0.1, 0.15) is 11.5 Å². The van der Waals surface area contributed by atoms with Crippen LogP contribution in [0.2, 0.25) is 10.0 Å². The van der Waals surface area contributed by atoms with E-state index in [4.69, 9.17) is 35.4 Å². The van der Waals surface area contributed by atoms with Gasteiger partial charge in [0, 0.05) is 20.8 Å². The monoisotopic (exact) mass is 253 g/mol. The highest BCUT2D eigenvalue weighted by Gasteiger charge is 2.16. The lowest BCUT2D eigenvalue weighted by molar-refractivity contribution is 1.15. The molecule has 1 radical (unpaired) electrons. The maximum absolute atomic E-state index is 6.11. The van der Waals surface area contributed by atoms with Crippen molar-refractivity contribution >= 4 is 40.3 Å². The molecule has 0 N–H and O–H groups in total. The number of rotatable bonds is 1. The number of halogens is 2. The largest absolute Gasteiger partial charge is 0.0843 e. The van der Waals surface area contributed by atoms with Gasteiger partial charge in [0.2, 0.25) is 0 Å². The minimum atomic E-state index is 0.0368. The van der Waals surface area contributed by atoms with Gasteiger partial charge in [-0.05, 0) is 23.8 Å². The second kappa shape index (κ2) is 4.48. The van der Waals surface area contributed by atoms with Crippen LogP contribution in [-0.4, -0.2) is 4.86 Å². The Bertz CT molecular complexity index is 461. The van der Waals surface area contributed by atoms with Crippen molar-refractivity contribution < 1.29 is 0 Å². The molecule has 1 atom stereocenters. The molecule has 1 aliphatic rings. The van der Waals surface area contributed by atoms with Gasteiger partial charge < -0.3 is 0 Å². The van der Waals surface area contributed by atoms with E-state index in [-0.39, 0.29) is 5.92 Å². The zero-order valence-electron chi connectivity index (χ0n) is 7.71. The van der Waals surface area contributed by atoms with E-state index in [0.717, 1.165) is 10.4 Å². The van der Waals surface area contributed by atoms with Crippen molar-refractivity contribution in [3.8, 4) is 0 Å². The molecule has 0 saturated carbocycles. The number of hydrogen-bond acceptors (Lipinski definition) is 1. The lowest BCUT2D eigenvalue weighted by Gasteiger charge is -2.15. The molecule has 0 fully saturated rings. The van der Waals surface area contributed by atoms with Gasteiger partial charge in [-0.2, -0.15) is 0 Å². The highest BCUT2D eigenvalue weighted by atomic mass is 35.5. The molecule has 15 heavy (non-hydrogen) atoms. The van der Waals surface area contributed by atoms with Crippen molar-refractivity contribution in [2.24, 2.45) is 0 Å². The highest BCUT2D eigenvalue weighted by Crippen LogP contribution is 2.30. The average Bonchev–Trinajstić information content (AvgIpc) is 2.20. The molecule has 0 saturated heterocycles. The predicted octanol–water partition coefficient (Wildman–Crippen LogP) is 4.38. The normalized spacial score (nSPS) is 19.6. The van der Waals surface area contributed by atoms with Crippen LogP contribution in [0.15, 0.2) is 36.4 Å². The Morgan fingerprint density at radius 3 is 2.73 bits per heavy atom. The molecule has 1 aliphatic carbocycles. The third-order valence-electron chi connectivity index (χ3n) is 2.21. The van der Waals surface area contributed by atoms with E-state index in [1.165, 1.54) is 0 Å². The first-order valence-electron chi connectivity index (χ1n) is 4.44. The maximum Gasteiger partial charge on any atom is 0.0462 e. The summed E-state index contributed by atoms with van der Waals surface area (Å²) in [6.07, 6.45) is 8.74. The molecule has 0 amide bonds. The van der Waals surface area contributed by atoms with Crippen LogP contribution in [-0.2, 0) is 0 Å². The molecule has 2 rings (SSSR count). The molecule has 0 bridgehead atoms. The van der Waals surface area contributed by atoms with Gasteiger partial charge in [-0.25, -0.2) is 0 Å². The standard InChI is InChI=1S/C12H7Cl2S/c13-8-5-6-9(11(14)7-8)10-3-1-2-4-12(10)15/h1-3,5-7,10H. The van der Waals surface area contributed by atoms with Crippen LogP contribution in [0.4, 0.5) is 0 Å². The minimum absolute atomic E-state index is 0.0368. The third kappa shape index (κ3) is 2.31. The molecule has 0 heterocycles. The molecule has 3 heteroatoms. The Morgan fingerprint density at radius 2 is 2.07 bits per heavy atom. The first-order chi connectivity index (χ1) is 7.18. The molecule has 75 valence electrons. The number of thiocarbonyl (C=S) groups is 1. The van der Waals surface area contributed by atoms with Crippen LogP contribution in [0, 0.1) is 6.08 Å². The summed E-state index contributed by atoms with van der Waals surface area (Å²) >= 11 is 17.2. The van der Waals surface area contributed by atoms with Gasteiger partial charge in [-0.15, -0.1) is 0 Å². The maximum atomic E-state index is 6.11. The molecule has 1 unspecified atom stereocenters. The van der Waals surface area contributed by atoms with Crippen molar-refractivity contribution in [2.75, 3.05) is 0 Å². The lowest BCUT2D eigenvalue weighted by Crippen LogP contribution is -2.08. The number of hydrogen-bond donors (Lipinski definition) is 0. The van der Waals surface area contributed by atoms with Gasteiger partial charge in [0.25, 0.3) is 0 Å². The SMILES string of the molecule is S=C1[C]=CC=CC1c1ccc(Cl)cc1Cl.